The number of rotatable bonds is 3. The van der Waals surface area contributed by atoms with E-state index < -0.39 is 0 Å². The van der Waals surface area contributed by atoms with Gasteiger partial charge in [0.15, 0.2) is 0 Å². The van der Waals surface area contributed by atoms with E-state index in [0.717, 1.165) is 24.7 Å². The fraction of sp³-hybridized carbons (Fsp3) is 0.733. The summed E-state index contributed by atoms with van der Waals surface area (Å²) in [6.45, 7) is 9.61. The summed E-state index contributed by atoms with van der Waals surface area (Å²) >= 11 is 0. The lowest BCUT2D eigenvalue weighted by Gasteiger charge is -2.30. The Morgan fingerprint density at radius 1 is 1.40 bits per heavy atom. The van der Waals surface area contributed by atoms with Gasteiger partial charge in [-0.1, -0.05) is 20.8 Å². The fourth-order valence-electron chi connectivity index (χ4n) is 2.58. The van der Waals surface area contributed by atoms with E-state index >= 15 is 0 Å². The Labute approximate surface area is 122 Å². The van der Waals surface area contributed by atoms with Crippen molar-refractivity contribution in [3.05, 3.63) is 11.9 Å². The van der Waals surface area contributed by atoms with Gasteiger partial charge in [-0.3, -0.25) is 0 Å². The molecule has 1 aromatic rings. The molecule has 1 aromatic heterocycles. The van der Waals surface area contributed by atoms with Gasteiger partial charge in [-0.2, -0.15) is 0 Å². The zero-order valence-corrected chi connectivity index (χ0v) is 13.1. The van der Waals surface area contributed by atoms with Crippen molar-refractivity contribution < 1.29 is 0 Å². The number of nitrogens with zero attached hydrogens (tertiary/aromatic N) is 3. The first-order valence-corrected chi connectivity index (χ1v) is 7.42. The highest BCUT2D eigenvalue weighted by atomic mass is 15.1. The number of hydrogen-bond donors (Lipinski definition) is 2. The van der Waals surface area contributed by atoms with Gasteiger partial charge in [0.2, 0.25) is 0 Å². The summed E-state index contributed by atoms with van der Waals surface area (Å²) < 4.78 is 0. The first-order chi connectivity index (χ1) is 9.34. The minimum atomic E-state index is -0.0864. The van der Waals surface area contributed by atoms with Crippen LogP contribution >= 0.6 is 0 Å². The highest BCUT2D eigenvalue weighted by Crippen LogP contribution is 2.22. The van der Waals surface area contributed by atoms with Gasteiger partial charge in [-0.15, -0.1) is 0 Å². The van der Waals surface area contributed by atoms with E-state index in [1.54, 1.807) is 0 Å². The SMILES string of the molecule is CN1CCCC(CNc2cc(N)nc(C(C)(C)C)n2)C1. The molecule has 0 amide bonds. The average Bonchev–Trinajstić information content (AvgIpc) is 2.35. The largest absolute Gasteiger partial charge is 0.384 e. The molecule has 0 aliphatic carbocycles. The summed E-state index contributed by atoms with van der Waals surface area (Å²) in [6.07, 6.45) is 2.56. The molecule has 1 unspecified atom stereocenters. The molecule has 1 aliphatic rings. The zero-order chi connectivity index (χ0) is 14.8. The van der Waals surface area contributed by atoms with Crippen LogP contribution in [-0.4, -0.2) is 41.5 Å². The monoisotopic (exact) mass is 277 g/mol. The van der Waals surface area contributed by atoms with Crippen molar-refractivity contribution in [1.82, 2.24) is 14.9 Å². The van der Waals surface area contributed by atoms with Crippen molar-refractivity contribution in [3.63, 3.8) is 0 Å². The molecule has 3 N–H and O–H groups in total. The summed E-state index contributed by atoms with van der Waals surface area (Å²) in [5.41, 5.74) is 5.80. The Morgan fingerprint density at radius 3 is 2.80 bits per heavy atom. The first kappa shape index (κ1) is 15.0. The minimum Gasteiger partial charge on any atom is -0.384 e. The van der Waals surface area contributed by atoms with E-state index in [2.05, 4.69) is 48.0 Å². The molecule has 1 fully saturated rings. The van der Waals surface area contributed by atoms with Crippen molar-refractivity contribution in [2.24, 2.45) is 5.92 Å². The summed E-state index contributed by atoms with van der Waals surface area (Å²) in [5.74, 6) is 2.85. The number of aromatic nitrogens is 2. The molecule has 1 aliphatic heterocycles. The van der Waals surface area contributed by atoms with Gasteiger partial charge < -0.3 is 16.0 Å². The zero-order valence-electron chi connectivity index (χ0n) is 13.1. The Bertz CT molecular complexity index is 452. The van der Waals surface area contributed by atoms with E-state index in [9.17, 15) is 0 Å². The van der Waals surface area contributed by atoms with Crippen molar-refractivity contribution >= 4 is 11.6 Å². The first-order valence-electron chi connectivity index (χ1n) is 7.42. The number of nitrogens with one attached hydrogen (secondary N) is 1. The predicted octanol–water partition coefficient (Wildman–Crippen LogP) is 2.11. The number of piperidine rings is 1. The molecule has 0 saturated carbocycles. The van der Waals surface area contributed by atoms with E-state index in [1.807, 2.05) is 6.07 Å². The molecular weight excluding hydrogens is 250 g/mol. The topological polar surface area (TPSA) is 67.1 Å². The van der Waals surface area contributed by atoms with Gasteiger partial charge in [-0.25, -0.2) is 9.97 Å². The second-order valence-electron chi connectivity index (χ2n) is 6.90. The number of hydrogen-bond acceptors (Lipinski definition) is 5. The average molecular weight is 277 g/mol. The third-order valence-electron chi connectivity index (χ3n) is 3.71. The minimum absolute atomic E-state index is 0.0864. The Balaban J connectivity index is 2.00. The van der Waals surface area contributed by atoms with E-state index in [-0.39, 0.29) is 5.41 Å². The standard InChI is InChI=1S/C15H27N5/c1-15(2,3)14-18-12(16)8-13(19-14)17-9-11-6-5-7-20(4)10-11/h8,11H,5-7,9-10H2,1-4H3,(H3,16,17,18,19). The second-order valence-corrected chi connectivity index (χ2v) is 6.90. The van der Waals surface area contributed by atoms with Crippen LogP contribution < -0.4 is 11.1 Å². The molecule has 5 nitrogen and oxygen atoms in total. The number of nitrogens with two attached hydrogens (primary N) is 1. The lowest BCUT2D eigenvalue weighted by atomic mass is 9.95. The van der Waals surface area contributed by atoms with Crippen molar-refractivity contribution in [1.29, 1.82) is 0 Å². The lowest BCUT2D eigenvalue weighted by molar-refractivity contribution is 0.217. The molecule has 5 heteroatoms. The predicted molar refractivity (Wildman–Crippen MR) is 83.9 cm³/mol. The van der Waals surface area contributed by atoms with Crippen LogP contribution in [0.5, 0.6) is 0 Å². The van der Waals surface area contributed by atoms with Crippen molar-refractivity contribution in [2.45, 2.75) is 39.0 Å². The highest BCUT2D eigenvalue weighted by molar-refractivity contribution is 5.45. The molecule has 0 radical (unpaired) electrons. The lowest BCUT2D eigenvalue weighted by Crippen LogP contribution is -2.35. The fourth-order valence-corrected chi connectivity index (χ4v) is 2.58. The number of likely N-dealkylation sites (tertiary alicyclic amines) is 1. The normalized spacial score (nSPS) is 20.9. The molecule has 20 heavy (non-hydrogen) atoms. The molecule has 0 spiro atoms. The van der Waals surface area contributed by atoms with Gasteiger partial charge in [0, 0.05) is 24.6 Å². The van der Waals surface area contributed by atoms with Crippen LogP contribution in [0.25, 0.3) is 0 Å². The second kappa shape index (κ2) is 5.95. The van der Waals surface area contributed by atoms with Crippen LogP contribution in [0.3, 0.4) is 0 Å². The summed E-state index contributed by atoms with van der Waals surface area (Å²) in [5, 5.41) is 3.43. The van der Waals surface area contributed by atoms with Gasteiger partial charge in [0.1, 0.15) is 17.5 Å². The smallest absolute Gasteiger partial charge is 0.138 e. The van der Waals surface area contributed by atoms with Crippen molar-refractivity contribution in [3.8, 4) is 0 Å². The van der Waals surface area contributed by atoms with Gasteiger partial charge in [-0.05, 0) is 32.4 Å². The Kier molecular flexibility index (Phi) is 4.48. The molecule has 0 aromatic carbocycles. The maximum atomic E-state index is 5.89. The van der Waals surface area contributed by atoms with Gasteiger partial charge >= 0.3 is 0 Å². The van der Waals surface area contributed by atoms with E-state index in [0.29, 0.717) is 11.7 Å². The summed E-state index contributed by atoms with van der Waals surface area (Å²) in [6, 6.07) is 1.82. The van der Waals surface area contributed by atoms with Crippen LogP contribution in [0, 0.1) is 5.92 Å². The summed E-state index contributed by atoms with van der Waals surface area (Å²) in [7, 11) is 2.19. The number of nitrogen functional groups attached to an aromatic ring is 1. The third-order valence-corrected chi connectivity index (χ3v) is 3.71. The molecule has 1 atom stereocenters. The number of anilines is 2. The molecule has 2 heterocycles. The van der Waals surface area contributed by atoms with Gasteiger partial charge in [0.25, 0.3) is 0 Å². The van der Waals surface area contributed by atoms with Crippen LogP contribution in [-0.2, 0) is 5.41 Å². The van der Waals surface area contributed by atoms with Crippen LogP contribution in [0.15, 0.2) is 6.07 Å². The quantitative estimate of drug-likeness (QED) is 0.885. The van der Waals surface area contributed by atoms with Crippen molar-refractivity contribution in [2.75, 3.05) is 37.7 Å². The molecule has 1 saturated heterocycles. The highest BCUT2D eigenvalue weighted by Gasteiger charge is 2.20. The van der Waals surface area contributed by atoms with Crippen LogP contribution in [0.1, 0.15) is 39.4 Å². The third kappa shape index (κ3) is 4.07. The molecular formula is C15H27N5. The molecule has 112 valence electrons. The van der Waals surface area contributed by atoms with E-state index in [4.69, 9.17) is 5.73 Å². The van der Waals surface area contributed by atoms with Crippen LogP contribution in [0.2, 0.25) is 0 Å². The Hall–Kier alpha value is -1.36. The van der Waals surface area contributed by atoms with Crippen LogP contribution in [0.4, 0.5) is 11.6 Å². The van der Waals surface area contributed by atoms with Gasteiger partial charge in [0.05, 0.1) is 0 Å². The maximum absolute atomic E-state index is 5.89. The molecule has 2 rings (SSSR count). The molecule has 0 bridgehead atoms. The Morgan fingerprint density at radius 2 is 2.15 bits per heavy atom. The maximum Gasteiger partial charge on any atom is 0.138 e. The van der Waals surface area contributed by atoms with E-state index in [1.165, 1.54) is 19.4 Å². The summed E-state index contributed by atoms with van der Waals surface area (Å²) in [4.78, 5) is 11.3.